The molecule has 14 heteroatoms. The van der Waals surface area contributed by atoms with E-state index in [1.807, 2.05) is 0 Å². The Balaban J connectivity index is 0.000000796. The highest BCUT2D eigenvalue weighted by molar-refractivity contribution is 6.33. The number of phenolic OH excluding ortho intramolecular Hbond substituents is 1. The Morgan fingerprint density at radius 3 is 1.40 bits per heavy atom. The molecule has 0 amide bonds. The Morgan fingerprint density at radius 1 is 0.900 bits per heavy atom. The number of hydrogen-bond donors (Lipinski definition) is 1. The van der Waals surface area contributed by atoms with Crippen LogP contribution >= 0.6 is 0 Å². The maximum Gasteiger partial charge on any atom is 0.762 e. The van der Waals surface area contributed by atoms with E-state index in [0.29, 0.717) is 12.1 Å². The van der Waals surface area contributed by atoms with Crippen molar-refractivity contribution in [2.45, 2.75) is 0 Å². The van der Waals surface area contributed by atoms with Crippen LogP contribution in [-0.2, 0) is 0 Å². The van der Waals surface area contributed by atoms with E-state index in [1.54, 1.807) is 0 Å². The van der Waals surface area contributed by atoms with Gasteiger partial charge in [0.05, 0.1) is 26.9 Å². The first kappa shape index (κ1) is 17.1. The quantitative estimate of drug-likeness (QED) is 0.509. The van der Waals surface area contributed by atoms with Gasteiger partial charge in [-0.05, 0) is 0 Å². The minimum Gasteiger partial charge on any atom is -0.497 e. The fraction of sp³-hybridized carbons (Fsp3) is 0. The third kappa shape index (κ3) is 4.75. The molecule has 0 bridgehead atoms. The van der Waals surface area contributed by atoms with Crippen molar-refractivity contribution < 1.29 is 32.8 Å². The van der Waals surface area contributed by atoms with Crippen molar-refractivity contribution in [3.8, 4) is 5.75 Å². The van der Waals surface area contributed by atoms with Crippen molar-refractivity contribution in [3.63, 3.8) is 0 Å². The predicted molar refractivity (Wildman–Crippen MR) is 57.1 cm³/mol. The van der Waals surface area contributed by atoms with Gasteiger partial charge in [-0.2, -0.15) is 0 Å². The number of nitrogens with zero attached hydrogens (tertiary/aromatic N) is 3. The molecular formula is C6H3BF3N3O7. The van der Waals surface area contributed by atoms with Gasteiger partial charge >= 0.3 is 18.9 Å². The van der Waals surface area contributed by atoms with Crippen molar-refractivity contribution in [3.05, 3.63) is 42.5 Å². The van der Waals surface area contributed by atoms with Crippen molar-refractivity contribution in [2.24, 2.45) is 0 Å². The molecule has 1 rings (SSSR count). The summed E-state index contributed by atoms with van der Waals surface area (Å²) in [6.45, 7) is 0. The summed E-state index contributed by atoms with van der Waals surface area (Å²) in [5.41, 5.74) is -3.00. The summed E-state index contributed by atoms with van der Waals surface area (Å²) in [6, 6.07) is 0.894. The molecule has 0 spiro atoms. The van der Waals surface area contributed by atoms with Crippen molar-refractivity contribution in [1.82, 2.24) is 0 Å². The van der Waals surface area contributed by atoms with Gasteiger partial charge in [-0.1, -0.05) is 0 Å². The smallest absolute Gasteiger partial charge is 0.497 e. The van der Waals surface area contributed by atoms with Crippen molar-refractivity contribution in [1.29, 1.82) is 0 Å². The summed E-state index contributed by atoms with van der Waals surface area (Å²) in [5.74, 6) is -1.21. The van der Waals surface area contributed by atoms with Gasteiger partial charge in [-0.3, -0.25) is 43.3 Å². The first-order valence-corrected chi connectivity index (χ1v) is 4.30. The molecule has 0 radical (unpaired) electrons. The number of halogens is 3. The second kappa shape index (κ2) is 6.86. The van der Waals surface area contributed by atoms with E-state index in [-0.39, 0.29) is 0 Å². The average Bonchev–Trinajstić information content (AvgIpc) is 2.27. The minimum absolute atomic E-state index is 0.447. The predicted octanol–water partition coefficient (Wildman–Crippen LogP) is 2.00. The van der Waals surface area contributed by atoms with Crippen molar-refractivity contribution in [2.75, 3.05) is 0 Å². The molecule has 0 saturated heterocycles. The second-order valence-corrected chi connectivity index (χ2v) is 2.85. The normalized spacial score (nSPS) is 9.15. The van der Waals surface area contributed by atoms with Crippen LogP contribution in [0.3, 0.4) is 0 Å². The van der Waals surface area contributed by atoms with Gasteiger partial charge in [-0.15, -0.1) is 0 Å². The molecule has 0 fully saturated rings. The molecule has 0 heterocycles. The van der Waals surface area contributed by atoms with E-state index < -0.39 is 45.1 Å². The topological polar surface area (TPSA) is 150 Å². The Morgan fingerprint density at radius 2 is 1.20 bits per heavy atom. The molecule has 108 valence electrons. The zero-order chi connectivity index (χ0) is 16.0. The number of aromatic hydroxyl groups is 1. The van der Waals surface area contributed by atoms with E-state index in [1.165, 1.54) is 0 Å². The summed E-state index contributed by atoms with van der Waals surface area (Å²) in [7, 11) is -3.67. The lowest BCUT2D eigenvalue weighted by atomic mass is 10.2. The molecule has 0 aromatic heterocycles. The molecule has 10 nitrogen and oxygen atoms in total. The third-order valence-corrected chi connectivity index (χ3v) is 1.66. The first-order valence-electron chi connectivity index (χ1n) is 4.30. The van der Waals surface area contributed by atoms with Crippen LogP contribution in [0.25, 0.3) is 0 Å². The average molecular weight is 297 g/mol. The Labute approximate surface area is 107 Å². The number of non-ortho nitro benzene ring substituents is 1. The van der Waals surface area contributed by atoms with Crippen molar-refractivity contribution >= 4 is 24.6 Å². The lowest BCUT2D eigenvalue weighted by Gasteiger charge is -1.97. The van der Waals surface area contributed by atoms with Crippen LogP contribution in [-0.4, -0.2) is 27.4 Å². The van der Waals surface area contributed by atoms with Crippen LogP contribution in [0.1, 0.15) is 0 Å². The molecule has 0 aliphatic carbocycles. The van der Waals surface area contributed by atoms with Crippen LogP contribution in [0.15, 0.2) is 12.1 Å². The summed E-state index contributed by atoms with van der Waals surface area (Å²) in [5, 5.41) is 40.2. The fourth-order valence-corrected chi connectivity index (χ4v) is 0.974. The molecule has 1 aromatic rings. The van der Waals surface area contributed by atoms with Gasteiger partial charge in [0.1, 0.15) is 0 Å². The monoisotopic (exact) mass is 297 g/mol. The molecule has 20 heavy (non-hydrogen) atoms. The number of nitro benzene ring substituents is 3. The first-order chi connectivity index (χ1) is 9.07. The number of benzene rings is 1. The van der Waals surface area contributed by atoms with Gasteiger partial charge in [0.25, 0.3) is 11.4 Å². The SMILES string of the molecule is FB(F)F.O=[N+]([O-])c1cc([N+](=O)[O-])c(O)c([N+](=O)[O-])c1. The van der Waals surface area contributed by atoms with Crippen LogP contribution in [0, 0.1) is 30.3 Å². The Kier molecular flexibility index (Phi) is 5.86. The van der Waals surface area contributed by atoms with E-state index in [2.05, 4.69) is 0 Å². The van der Waals surface area contributed by atoms with Gasteiger partial charge in [0.15, 0.2) is 0 Å². The summed E-state index contributed by atoms with van der Waals surface area (Å²) in [4.78, 5) is 27.8. The van der Waals surface area contributed by atoms with Crippen LogP contribution in [0.2, 0.25) is 0 Å². The van der Waals surface area contributed by atoms with Crippen LogP contribution in [0.4, 0.5) is 30.0 Å². The van der Waals surface area contributed by atoms with E-state index in [4.69, 9.17) is 5.11 Å². The summed E-state index contributed by atoms with van der Waals surface area (Å²) < 4.78 is 29.0. The Bertz CT molecular complexity index is 517. The molecule has 0 saturated carbocycles. The number of nitro groups is 3. The van der Waals surface area contributed by atoms with E-state index >= 15 is 0 Å². The third-order valence-electron chi connectivity index (χ3n) is 1.66. The Hall–Kier alpha value is -2.93. The number of hydrogen-bond acceptors (Lipinski definition) is 7. The van der Waals surface area contributed by atoms with Gasteiger partial charge in [0.2, 0.25) is 0 Å². The van der Waals surface area contributed by atoms with E-state index in [9.17, 15) is 43.3 Å². The summed E-state index contributed by atoms with van der Waals surface area (Å²) >= 11 is 0. The number of phenols is 1. The van der Waals surface area contributed by atoms with Crippen LogP contribution in [0.5, 0.6) is 5.75 Å². The standard InChI is InChI=1S/C6H3N3O7.BF3/c10-6-4(8(13)14)1-3(7(11)12)2-5(6)9(15)16;2-1(3)4/h1-2,10H;. The summed E-state index contributed by atoms with van der Waals surface area (Å²) in [6.07, 6.45) is 0. The molecule has 0 aliphatic heterocycles. The van der Waals surface area contributed by atoms with Crippen LogP contribution < -0.4 is 0 Å². The highest BCUT2D eigenvalue weighted by Gasteiger charge is 2.30. The zero-order valence-corrected chi connectivity index (χ0v) is 9.10. The molecule has 1 aromatic carbocycles. The highest BCUT2D eigenvalue weighted by Crippen LogP contribution is 2.38. The maximum absolute atomic E-state index is 10.4. The van der Waals surface area contributed by atoms with E-state index in [0.717, 1.165) is 0 Å². The second-order valence-electron chi connectivity index (χ2n) is 2.85. The zero-order valence-electron chi connectivity index (χ0n) is 9.10. The molecule has 0 unspecified atom stereocenters. The van der Waals surface area contributed by atoms with Gasteiger partial charge in [-0.25, -0.2) is 0 Å². The largest absolute Gasteiger partial charge is 0.762 e. The fourth-order valence-electron chi connectivity index (χ4n) is 0.974. The van der Waals surface area contributed by atoms with Gasteiger partial charge < -0.3 is 5.11 Å². The lowest BCUT2D eigenvalue weighted by molar-refractivity contribution is -0.404. The molecular weight excluding hydrogens is 294 g/mol. The minimum atomic E-state index is -3.67. The number of rotatable bonds is 3. The molecule has 0 aliphatic rings. The highest BCUT2D eigenvalue weighted by atomic mass is 19.4. The molecule has 0 atom stereocenters. The molecule has 1 N–H and O–H groups in total. The van der Waals surface area contributed by atoms with Gasteiger partial charge in [0, 0.05) is 0 Å². The lowest BCUT2D eigenvalue weighted by Crippen LogP contribution is -1.97. The maximum atomic E-state index is 10.4.